The third-order valence-electron chi connectivity index (χ3n) is 4.73. The average Bonchev–Trinajstić information content (AvgIpc) is 3.30. The predicted molar refractivity (Wildman–Crippen MR) is 120 cm³/mol. The molecule has 0 radical (unpaired) electrons. The fourth-order valence-corrected chi connectivity index (χ4v) is 3.26. The molecule has 33 heavy (non-hydrogen) atoms. The molecule has 1 aliphatic rings. The van der Waals surface area contributed by atoms with Gasteiger partial charge in [-0.25, -0.2) is 4.79 Å². The van der Waals surface area contributed by atoms with Crippen LogP contribution in [0.4, 0.5) is 5.69 Å². The van der Waals surface area contributed by atoms with E-state index in [0.717, 1.165) is 5.56 Å². The molecule has 0 aromatic heterocycles. The van der Waals surface area contributed by atoms with Gasteiger partial charge in [-0.1, -0.05) is 29.8 Å². The highest BCUT2D eigenvalue weighted by Crippen LogP contribution is 2.34. The molecule has 0 atom stereocenters. The number of carbonyl (C=O) groups excluding carboxylic acids is 2. The summed E-state index contributed by atoms with van der Waals surface area (Å²) in [4.78, 5) is 24.6. The molecule has 0 saturated heterocycles. The Morgan fingerprint density at radius 3 is 2.64 bits per heavy atom. The topological polar surface area (TPSA) is 92.3 Å². The van der Waals surface area contributed by atoms with Crippen LogP contribution in [0.15, 0.2) is 60.7 Å². The van der Waals surface area contributed by atoms with Crippen molar-refractivity contribution in [2.75, 3.05) is 25.8 Å². The molecule has 1 aliphatic heterocycles. The van der Waals surface area contributed by atoms with Crippen molar-refractivity contribution in [1.29, 1.82) is 0 Å². The van der Waals surface area contributed by atoms with Crippen molar-refractivity contribution in [2.24, 2.45) is 0 Å². The van der Waals surface area contributed by atoms with Crippen LogP contribution in [-0.4, -0.2) is 32.4 Å². The second-order valence-electron chi connectivity index (χ2n) is 6.94. The molecule has 3 aromatic carbocycles. The first-order valence-corrected chi connectivity index (χ1v) is 10.3. The molecule has 0 unspecified atom stereocenters. The molecular formula is C24H20ClNO7. The van der Waals surface area contributed by atoms with E-state index in [4.69, 9.17) is 35.3 Å². The van der Waals surface area contributed by atoms with Gasteiger partial charge in [0.15, 0.2) is 29.6 Å². The molecule has 0 fully saturated rings. The third-order valence-corrected chi connectivity index (χ3v) is 5.10. The smallest absolute Gasteiger partial charge is 0.338 e. The van der Waals surface area contributed by atoms with Crippen LogP contribution >= 0.6 is 11.6 Å². The average molecular weight is 470 g/mol. The van der Waals surface area contributed by atoms with Crippen LogP contribution in [0.5, 0.6) is 23.0 Å². The quantitative estimate of drug-likeness (QED) is 0.487. The Morgan fingerprint density at radius 1 is 1.00 bits per heavy atom. The molecule has 0 aliphatic carbocycles. The van der Waals surface area contributed by atoms with Crippen molar-refractivity contribution in [3.8, 4) is 23.0 Å². The van der Waals surface area contributed by atoms with Crippen LogP contribution in [0.2, 0.25) is 5.02 Å². The Hall–Kier alpha value is -3.91. The predicted octanol–water partition coefficient (Wildman–Crippen LogP) is 4.45. The summed E-state index contributed by atoms with van der Waals surface area (Å²) in [6.45, 7) is -0.0855. The van der Waals surface area contributed by atoms with Gasteiger partial charge in [-0.15, -0.1) is 0 Å². The zero-order valence-electron chi connectivity index (χ0n) is 17.6. The van der Waals surface area contributed by atoms with Gasteiger partial charge in [-0.3, -0.25) is 4.79 Å². The van der Waals surface area contributed by atoms with E-state index in [1.165, 1.54) is 19.2 Å². The van der Waals surface area contributed by atoms with Crippen LogP contribution in [0.1, 0.15) is 15.9 Å². The van der Waals surface area contributed by atoms with E-state index < -0.39 is 18.5 Å². The molecule has 0 spiro atoms. The molecular weight excluding hydrogens is 450 g/mol. The van der Waals surface area contributed by atoms with E-state index in [1.807, 2.05) is 18.2 Å². The van der Waals surface area contributed by atoms with E-state index in [1.54, 1.807) is 30.3 Å². The lowest BCUT2D eigenvalue weighted by Gasteiger charge is -2.13. The maximum atomic E-state index is 12.4. The lowest BCUT2D eigenvalue weighted by Crippen LogP contribution is -2.21. The summed E-state index contributed by atoms with van der Waals surface area (Å²) < 4.78 is 26.7. The van der Waals surface area contributed by atoms with Gasteiger partial charge < -0.3 is 29.0 Å². The summed E-state index contributed by atoms with van der Waals surface area (Å²) in [5.41, 5.74) is 1.54. The van der Waals surface area contributed by atoms with Gasteiger partial charge in [-0.05, 0) is 36.4 Å². The number of esters is 1. The first kappa shape index (κ1) is 22.3. The van der Waals surface area contributed by atoms with Crippen LogP contribution in [0, 0.1) is 0 Å². The number of amides is 1. The van der Waals surface area contributed by atoms with Gasteiger partial charge in [0.1, 0.15) is 6.61 Å². The Morgan fingerprint density at radius 2 is 1.82 bits per heavy atom. The molecule has 9 heteroatoms. The van der Waals surface area contributed by atoms with E-state index in [0.29, 0.717) is 33.7 Å². The maximum absolute atomic E-state index is 12.4. The Kier molecular flexibility index (Phi) is 6.85. The number of benzene rings is 3. The van der Waals surface area contributed by atoms with Crippen LogP contribution in [0.3, 0.4) is 0 Å². The zero-order chi connectivity index (χ0) is 23.2. The van der Waals surface area contributed by atoms with E-state index in [9.17, 15) is 9.59 Å². The molecule has 0 saturated carbocycles. The van der Waals surface area contributed by atoms with Gasteiger partial charge in [-0.2, -0.15) is 0 Å². The summed E-state index contributed by atoms with van der Waals surface area (Å²) in [5, 5.41) is 3.23. The number of halogens is 1. The number of hydrogen-bond donors (Lipinski definition) is 1. The highest BCUT2D eigenvalue weighted by molar-refractivity contribution is 6.31. The SMILES string of the molecule is COc1cc(C(=O)OCC(=O)Nc2ccc3c(c2)OCO3)ccc1OCc1ccccc1Cl. The monoisotopic (exact) mass is 469 g/mol. The Balaban J connectivity index is 1.33. The second-order valence-corrected chi connectivity index (χ2v) is 7.35. The Labute approximate surface area is 194 Å². The summed E-state index contributed by atoms with van der Waals surface area (Å²) in [5.74, 6) is 0.762. The summed E-state index contributed by atoms with van der Waals surface area (Å²) in [7, 11) is 1.46. The van der Waals surface area contributed by atoms with E-state index in [2.05, 4.69) is 5.32 Å². The summed E-state index contributed by atoms with van der Waals surface area (Å²) in [6, 6.07) is 16.9. The van der Waals surface area contributed by atoms with Crippen molar-refractivity contribution in [3.05, 3.63) is 76.8 Å². The second kappa shape index (κ2) is 10.1. The van der Waals surface area contributed by atoms with E-state index >= 15 is 0 Å². The number of methoxy groups -OCH3 is 1. The van der Waals surface area contributed by atoms with Crippen molar-refractivity contribution >= 4 is 29.2 Å². The van der Waals surface area contributed by atoms with Crippen LogP contribution in [0.25, 0.3) is 0 Å². The molecule has 8 nitrogen and oxygen atoms in total. The molecule has 0 bridgehead atoms. The normalized spacial score (nSPS) is 11.6. The van der Waals surface area contributed by atoms with Crippen molar-refractivity contribution in [3.63, 3.8) is 0 Å². The van der Waals surface area contributed by atoms with Crippen molar-refractivity contribution in [1.82, 2.24) is 0 Å². The molecule has 1 N–H and O–H groups in total. The van der Waals surface area contributed by atoms with Crippen molar-refractivity contribution < 1.29 is 33.3 Å². The molecule has 3 aromatic rings. The maximum Gasteiger partial charge on any atom is 0.338 e. The number of hydrogen-bond acceptors (Lipinski definition) is 7. The van der Waals surface area contributed by atoms with E-state index in [-0.39, 0.29) is 19.0 Å². The highest BCUT2D eigenvalue weighted by Gasteiger charge is 2.17. The third kappa shape index (κ3) is 5.48. The largest absolute Gasteiger partial charge is 0.493 e. The minimum atomic E-state index is -0.674. The van der Waals surface area contributed by atoms with Crippen LogP contribution in [-0.2, 0) is 16.1 Å². The van der Waals surface area contributed by atoms with Gasteiger partial charge in [0.2, 0.25) is 6.79 Å². The number of anilines is 1. The first-order chi connectivity index (χ1) is 16.0. The lowest BCUT2D eigenvalue weighted by molar-refractivity contribution is -0.119. The standard InChI is InChI=1S/C24H20ClNO7/c1-29-21-10-15(6-8-19(21)30-12-16-4-2-3-5-18(16)25)24(28)31-13-23(27)26-17-7-9-20-22(11-17)33-14-32-20/h2-11H,12-14H2,1H3,(H,26,27). The number of carbonyl (C=O) groups is 2. The Bertz CT molecular complexity index is 1180. The van der Waals surface area contributed by atoms with Gasteiger partial charge in [0.25, 0.3) is 5.91 Å². The zero-order valence-corrected chi connectivity index (χ0v) is 18.4. The van der Waals surface area contributed by atoms with Gasteiger partial charge >= 0.3 is 5.97 Å². The lowest BCUT2D eigenvalue weighted by atomic mass is 10.2. The number of rotatable bonds is 8. The summed E-state index contributed by atoms with van der Waals surface area (Å²) >= 11 is 6.15. The summed E-state index contributed by atoms with van der Waals surface area (Å²) in [6.07, 6.45) is 0. The van der Waals surface area contributed by atoms with Crippen LogP contribution < -0.4 is 24.3 Å². The molecule has 1 amide bonds. The molecule has 170 valence electrons. The minimum absolute atomic E-state index is 0.137. The fraction of sp³-hybridized carbons (Fsp3) is 0.167. The molecule has 1 heterocycles. The minimum Gasteiger partial charge on any atom is -0.493 e. The number of nitrogens with one attached hydrogen (secondary N) is 1. The van der Waals surface area contributed by atoms with Gasteiger partial charge in [0, 0.05) is 22.3 Å². The number of ether oxygens (including phenoxy) is 5. The molecule has 4 rings (SSSR count). The van der Waals surface area contributed by atoms with Gasteiger partial charge in [0.05, 0.1) is 12.7 Å². The highest BCUT2D eigenvalue weighted by atomic mass is 35.5. The fourth-order valence-electron chi connectivity index (χ4n) is 3.07. The first-order valence-electron chi connectivity index (χ1n) is 9.94. The van der Waals surface area contributed by atoms with Crippen molar-refractivity contribution in [2.45, 2.75) is 6.61 Å². The number of fused-ring (bicyclic) bond motifs is 1.